The lowest BCUT2D eigenvalue weighted by Gasteiger charge is -2.29. The number of hydrogen-bond acceptors (Lipinski definition) is 3. The molecule has 2 aliphatic rings. The minimum atomic E-state index is 0.733. The quantitative estimate of drug-likeness (QED) is 0.761. The fourth-order valence-electron chi connectivity index (χ4n) is 2.56. The lowest BCUT2D eigenvalue weighted by molar-refractivity contribution is 0.414. The molecule has 2 aliphatic heterocycles. The van der Waals surface area contributed by atoms with Crippen molar-refractivity contribution in [2.75, 3.05) is 24.3 Å². The van der Waals surface area contributed by atoms with E-state index < -0.39 is 0 Å². The lowest BCUT2D eigenvalue weighted by atomic mass is 10.2. The second kappa shape index (κ2) is 3.63. The predicted octanol–water partition coefficient (Wildman–Crippen LogP) is 2.39. The third-order valence-electron chi connectivity index (χ3n) is 3.29. The van der Waals surface area contributed by atoms with E-state index in [-0.39, 0.29) is 0 Å². The number of fused-ring (bicyclic) bond motifs is 2. The molecular weight excluding hydrogens is 206 g/mol. The van der Waals surface area contributed by atoms with E-state index in [1.807, 2.05) is 6.07 Å². The van der Waals surface area contributed by atoms with Crippen molar-refractivity contribution in [3.63, 3.8) is 0 Å². The van der Waals surface area contributed by atoms with Crippen molar-refractivity contribution in [3.05, 3.63) is 24.3 Å². The van der Waals surface area contributed by atoms with Crippen molar-refractivity contribution in [1.82, 2.24) is 0 Å². The molecule has 0 radical (unpaired) electrons. The second-order valence-electron chi connectivity index (χ2n) is 4.17. The van der Waals surface area contributed by atoms with E-state index in [0.29, 0.717) is 0 Å². The molecule has 1 aromatic carbocycles. The van der Waals surface area contributed by atoms with Crippen molar-refractivity contribution in [1.29, 1.82) is 0 Å². The standard InChI is InChI=1S/C12H15NOS/c1-14-12-5-3-2-4-11(12)13-7-10-6-9(13)8-15-10/h2-5,9-10H,6-8H2,1H3. The summed E-state index contributed by atoms with van der Waals surface area (Å²) in [6, 6.07) is 9.08. The van der Waals surface area contributed by atoms with Gasteiger partial charge in [0.2, 0.25) is 0 Å². The van der Waals surface area contributed by atoms with Gasteiger partial charge in [-0.3, -0.25) is 0 Å². The van der Waals surface area contributed by atoms with Crippen LogP contribution in [0.15, 0.2) is 24.3 Å². The van der Waals surface area contributed by atoms with Crippen LogP contribution in [0.25, 0.3) is 0 Å². The van der Waals surface area contributed by atoms with Crippen LogP contribution in [0.1, 0.15) is 6.42 Å². The molecule has 1 aromatic rings. The molecule has 0 spiro atoms. The van der Waals surface area contributed by atoms with Gasteiger partial charge in [0.25, 0.3) is 0 Å². The molecule has 2 atom stereocenters. The highest BCUT2D eigenvalue weighted by molar-refractivity contribution is 8.00. The molecule has 0 saturated carbocycles. The zero-order valence-electron chi connectivity index (χ0n) is 8.85. The van der Waals surface area contributed by atoms with E-state index in [0.717, 1.165) is 17.0 Å². The van der Waals surface area contributed by atoms with Gasteiger partial charge in [-0.25, -0.2) is 0 Å². The number of methoxy groups -OCH3 is 1. The molecule has 2 heterocycles. The largest absolute Gasteiger partial charge is 0.495 e. The zero-order chi connectivity index (χ0) is 10.3. The molecule has 2 unspecified atom stereocenters. The summed E-state index contributed by atoms with van der Waals surface area (Å²) in [7, 11) is 1.75. The van der Waals surface area contributed by atoms with Gasteiger partial charge in [-0.15, -0.1) is 0 Å². The molecule has 80 valence electrons. The first-order chi connectivity index (χ1) is 7.38. The van der Waals surface area contributed by atoms with E-state index in [2.05, 4.69) is 34.9 Å². The number of benzene rings is 1. The SMILES string of the molecule is COc1ccccc1N1CC2CC1CS2. The highest BCUT2D eigenvalue weighted by atomic mass is 32.2. The van der Waals surface area contributed by atoms with Gasteiger partial charge < -0.3 is 9.64 Å². The molecule has 2 fully saturated rings. The normalized spacial score (nSPS) is 28.5. The van der Waals surface area contributed by atoms with E-state index in [1.54, 1.807) is 7.11 Å². The first-order valence-corrected chi connectivity index (χ1v) is 6.44. The molecule has 2 bridgehead atoms. The Morgan fingerprint density at radius 1 is 1.40 bits per heavy atom. The molecule has 0 amide bonds. The van der Waals surface area contributed by atoms with Crippen molar-refractivity contribution in [2.24, 2.45) is 0 Å². The number of thioether (sulfide) groups is 1. The molecule has 0 aromatic heterocycles. The predicted molar refractivity (Wildman–Crippen MR) is 65.0 cm³/mol. The van der Waals surface area contributed by atoms with Crippen LogP contribution in [0.2, 0.25) is 0 Å². The number of anilines is 1. The summed E-state index contributed by atoms with van der Waals surface area (Å²) in [5.41, 5.74) is 1.27. The summed E-state index contributed by atoms with van der Waals surface area (Å²) in [4.78, 5) is 2.51. The lowest BCUT2D eigenvalue weighted by Crippen LogP contribution is -2.34. The van der Waals surface area contributed by atoms with Gasteiger partial charge in [-0.1, -0.05) is 12.1 Å². The van der Waals surface area contributed by atoms with Crippen LogP contribution in [0, 0.1) is 0 Å². The van der Waals surface area contributed by atoms with Crippen molar-refractivity contribution in [3.8, 4) is 5.75 Å². The Balaban J connectivity index is 1.92. The second-order valence-corrected chi connectivity index (χ2v) is 5.50. The van der Waals surface area contributed by atoms with Crippen molar-refractivity contribution < 1.29 is 4.74 Å². The van der Waals surface area contributed by atoms with Crippen LogP contribution in [0.5, 0.6) is 5.75 Å². The monoisotopic (exact) mass is 221 g/mol. The Morgan fingerprint density at radius 3 is 2.93 bits per heavy atom. The smallest absolute Gasteiger partial charge is 0.142 e. The molecule has 0 N–H and O–H groups in total. The van der Waals surface area contributed by atoms with E-state index in [4.69, 9.17) is 4.74 Å². The van der Waals surface area contributed by atoms with Crippen LogP contribution in [0.4, 0.5) is 5.69 Å². The number of rotatable bonds is 2. The van der Waals surface area contributed by atoms with Gasteiger partial charge in [0.05, 0.1) is 12.8 Å². The molecule has 3 rings (SSSR count). The van der Waals surface area contributed by atoms with Gasteiger partial charge in [0.15, 0.2) is 0 Å². The van der Waals surface area contributed by atoms with Gasteiger partial charge >= 0.3 is 0 Å². The van der Waals surface area contributed by atoms with Crippen LogP contribution >= 0.6 is 11.8 Å². The Bertz CT molecular complexity index is 368. The topological polar surface area (TPSA) is 12.5 Å². The molecule has 2 nitrogen and oxygen atoms in total. The summed E-state index contributed by atoms with van der Waals surface area (Å²) in [6.45, 7) is 1.19. The Hall–Kier alpha value is -0.830. The molecule has 15 heavy (non-hydrogen) atoms. The summed E-state index contributed by atoms with van der Waals surface area (Å²) in [5, 5.41) is 0.847. The van der Waals surface area contributed by atoms with Gasteiger partial charge in [0.1, 0.15) is 5.75 Å². The molecule has 2 saturated heterocycles. The Morgan fingerprint density at radius 2 is 2.27 bits per heavy atom. The summed E-state index contributed by atoms with van der Waals surface area (Å²) in [5.74, 6) is 2.29. The highest BCUT2D eigenvalue weighted by Crippen LogP contribution is 2.42. The maximum atomic E-state index is 5.42. The van der Waals surface area contributed by atoms with Crippen LogP contribution < -0.4 is 9.64 Å². The van der Waals surface area contributed by atoms with Crippen LogP contribution in [-0.2, 0) is 0 Å². The first kappa shape index (κ1) is 9.40. The number of para-hydroxylation sites is 2. The first-order valence-electron chi connectivity index (χ1n) is 5.40. The van der Waals surface area contributed by atoms with Gasteiger partial charge in [-0.2, -0.15) is 11.8 Å². The van der Waals surface area contributed by atoms with E-state index in [1.165, 1.54) is 24.4 Å². The fourth-order valence-corrected chi connectivity index (χ4v) is 4.00. The highest BCUT2D eigenvalue weighted by Gasteiger charge is 2.39. The number of nitrogens with zero attached hydrogens (tertiary/aromatic N) is 1. The van der Waals surface area contributed by atoms with E-state index >= 15 is 0 Å². The molecular formula is C12H15NOS. The van der Waals surface area contributed by atoms with Crippen molar-refractivity contribution in [2.45, 2.75) is 17.7 Å². The molecule has 3 heteroatoms. The van der Waals surface area contributed by atoms with Crippen LogP contribution in [-0.4, -0.2) is 30.7 Å². The maximum Gasteiger partial charge on any atom is 0.142 e. The maximum absolute atomic E-state index is 5.42. The average Bonchev–Trinajstić information content (AvgIpc) is 2.90. The summed E-state index contributed by atoms with van der Waals surface area (Å²) in [6.07, 6.45) is 1.35. The summed E-state index contributed by atoms with van der Waals surface area (Å²) >= 11 is 2.12. The Kier molecular flexibility index (Phi) is 2.28. The number of hydrogen-bond donors (Lipinski definition) is 0. The van der Waals surface area contributed by atoms with E-state index in [9.17, 15) is 0 Å². The van der Waals surface area contributed by atoms with Crippen molar-refractivity contribution >= 4 is 17.4 Å². The van der Waals surface area contributed by atoms with Crippen LogP contribution in [0.3, 0.4) is 0 Å². The average molecular weight is 221 g/mol. The number of ether oxygens (including phenoxy) is 1. The Labute approximate surface area is 94.6 Å². The molecule has 0 aliphatic carbocycles. The van der Waals surface area contributed by atoms with Gasteiger partial charge in [0, 0.05) is 23.6 Å². The fraction of sp³-hybridized carbons (Fsp3) is 0.500. The minimum Gasteiger partial charge on any atom is -0.495 e. The third-order valence-corrected chi connectivity index (χ3v) is 4.69. The van der Waals surface area contributed by atoms with Gasteiger partial charge in [-0.05, 0) is 18.6 Å². The third kappa shape index (κ3) is 1.49. The zero-order valence-corrected chi connectivity index (χ0v) is 9.67. The summed E-state index contributed by atoms with van der Waals surface area (Å²) < 4.78 is 5.42. The minimum absolute atomic E-state index is 0.733.